The van der Waals surface area contributed by atoms with Gasteiger partial charge in [-0.15, -0.1) is 0 Å². The zero-order valence-electron chi connectivity index (χ0n) is 15.2. The molecule has 4 aromatic rings. The summed E-state index contributed by atoms with van der Waals surface area (Å²) in [6.45, 7) is 0.248. The summed E-state index contributed by atoms with van der Waals surface area (Å²) < 4.78 is 0. The van der Waals surface area contributed by atoms with Crippen LogP contribution >= 0.6 is 23.2 Å². The number of H-pyrrole nitrogens is 1. The average molecular weight is 423 g/mol. The molecule has 29 heavy (non-hydrogen) atoms. The minimum absolute atomic E-state index is 0.248. The van der Waals surface area contributed by atoms with E-state index in [0.717, 1.165) is 16.5 Å². The molecule has 2 N–H and O–H groups in total. The van der Waals surface area contributed by atoms with Gasteiger partial charge in [-0.3, -0.25) is 4.79 Å². The Labute approximate surface area is 177 Å². The van der Waals surface area contributed by atoms with E-state index in [1.807, 2.05) is 42.5 Å². The number of amides is 1. The molecule has 0 saturated carbocycles. The van der Waals surface area contributed by atoms with Crippen molar-refractivity contribution in [2.45, 2.75) is 12.1 Å². The van der Waals surface area contributed by atoms with Crippen LogP contribution in [0.2, 0.25) is 10.0 Å². The van der Waals surface area contributed by atoms with Crippen LogP contribution in [-0.2, 0) is 16.9 Å². The van der Waals surface area contributed by atoms with Gasteiger partial charge in [0.05, 0.1) is 12.2 Å². The highest BCUT2D eigenvalue weighted by atomic mass is 35.5. The topological polar surface area (TPSA) is 56.3 Å². The Morgan fingerprint density at radius 1 is 0.966 bits per heavy atom. The molecule has 3 aromatic carbocycles. The molecule has 0 saturated heterocycles. The Balaban J connectivity index is 1.70. The minimum Gasteiger partial charge on any atom is -0.372 e. The number of hydrogen-bond donors (Lipinski definition) is 2. The summed E-state index contributed by atoms with van der Waals surface area (Å²) in [5.74, 6) is -0.431. The number of fused-ring (bicyclic) bond motifs is 2. The van der Waals surface area contributed by atoms with E-state index in [2.05, 4.69) is 4.98 Å². The Kier molecular flexibility index (Phi) is 4.17. The number of anilines is 1. The predicted molar refractivity (Wildman–Crippen MR) is 115 cm³/mol. The summed E-state index contributed by atoms with van der Waals surface area (Å²) in [6.07, 6.45) is 1.69. The maximum Gasteiger partial charge on any atom is 0.268 e. The number of carbonyl (C=O) groups excluding carboxylic acids is 1. The number of benzene rings is 3. The molecule has 6 heteroatoms. The molecular formula is C23H16Cl2N2O2. The number of halogens is 2. The largest absolute Gasteiger partial charge is 0.372 e. The number of aliphatic hydroxyl groups is 1. The first kappa shape index (κ1) is 18.3. The highest BCUT2D eigenvalue weighted by molar-refractivity contribution is 6.31. The molecule has 5 rings (SSSR count). The van der Waals surface area contributed by atoms with Gasteiger partial charge < -0.3 is 15.0 Å². The standard InChI is InChI=1S/C23H16Cl2N2O2/c24-15-9-10-21-17(11-15)23(29,18-12-26-20-8-4-2-6-16(18)20)22(28)27(21)13-14-5-1-3-7-19(14)25/h1-12,26,29H,13H2/t23-/m1/s1. The van der Waals surface area contributed by atoms with Gasteiger partial charge in [-0.1, -0.05) is 59.6 Å². The van der Waals surface area contributed by atoms with Crippen molar-refractivity contribution in [2.24, 2.45) is 0 Å². The first-order valence-corrected chi connectivity index (χ1v) is 9.90. The molecular weight excluding hydrogens is 407 g/mol. The lowest BCUT2D eigenvalue weighted by Crippen LogP contribution is -2.40. The van der Waals surface area contributed by atoms with E-state index in [1.165, 1.54) is 0 Å². The Hall–Kier alpha value is -2.79. The van der Waals surface area contributed by atoms with Gasteiger partial charge in [-0.05, 0) is 35.9 Å². The fraction of sp³-hybridized carbons (Fsp3) is 0.0870. The number of hydrogen-bond acceptors (Lipinski definition) is 2. The molecule has 0 aliphatic carbocycles. The molecule has 1 aliphatic heterocycles. The third-order valence-electron chi connectivity index (χ3n) is 5.46. The number of rotatable bonds is 3. The average Bonchev–Trinajstić information content (AvgIpc) is 3.24. The monoisotopic (exact) mass is 422 g/mol. The molecule has 1 amide bonds. The molecule has 1 aliphatic rings. The lowest BCUT2D eigenvalue weighted by molar-refractivity contribution is -0.132. The van der Waals surface area contributed by atoms with Crippen LogP contribution in [0.3, 0.4) is 0 Å². The van der Waals surface area contributed by atoms with E-state index in [9.17, 15) is 9.90 Å². The lowest BCUT2D eigenvalue weighted by Gasteiger charge is -2.23. The summed E-state index contributed by atoms with van der Waals surface area (Å²) in [7, 11) is 0. The minimum atomic E-state index is -1.85. The van der Waals surface area contributed by atoms with E-state index in [4.69, 9.17) is 23.2 Å². The van der Waals surface area contributed by atoms with Crippen molar-refractivity contribution in [3.05, 3.63) is 99.7 Å². The van der Waals surface area contributed by atoms with Crippen LogP contribution in [-0.4, -0.2) is 16.0 Å². The van der Waals surface area contributed by atoms with Crippen LogP contribution in [0.1, 0.15) is 16.7 Å². The van der Waals surface area contributed by atoms with Crippen molar-refractivity contribution in [3.8, 4) is 0 Å². The fourth-order valence-electron chi connectivity index (χ4n) is 4.04. The van der Waals surface area contributed by atoms with Gasteiger partial charge in [0.15, 0.2) is 5.60 Å². The van der Waals surface area contributed by atoms with Gasteiger partial charge in [-0.25, -0.2) is 0 Å². The first-order valence-electron chi connectivity index (χ1n) is 9.14. The van der Waals surface area contributed by atoms with Crippen molar-refractivity contribution in [1.82, 2.24) is 4.98 Å². The molecule has 0 unspecified atom stereocenters. The Bertz CT molecular complexity index is 1270. The molecule has 2 heterocycles. The van der Waals surface area contributed by atoms with Gasteiger partial charge in [0.25, 0.3) is 5.91 Å². The van der Waals surface area contributed by atoms with E-state index in [1.54, 1.807) is 35.4 Å². The van der Waals surface area contributed by atoms with Crippen LogP contribution in [0.15, 0.2) is 72.9 Å². The number of nitrogens with zero attached hydrogens (tertiary/aromatic N) is 1. The normalized spacial score (nSPS) is 18.4. The van der Waals surface area contributed by atoms with Gasteiger partial charge >= 0.3 is 0 Å². The summed E-state index contributed by atoms with van der Waals surface area (Å²) in [4.78, 5) is 18.3. The van der Waals surface area contributed by atoms with E-state index >= 15 is 0 Å². The van der Waals surface area contributed by atoms with Crippen molar-refractivity contribution < 1.29 is 9.90 Å². The van der Waals surface area contributed by atoms with Crippen LogP contribution in [0.4, 0.5) is 5.69 Å². The van der Waals surface area contributed by atoms with Gasteiger partial charge in [0.2, 0.25) is 0 Å². The molecule has 1 atom stereocenters. The number of aromatic amines is 1. The molecule has 0 bridgehead atoms. The van der Waals surface area contributed by atoms with Crippen molar-refractivity contribution in [2.75, 3.05) is 4.90 Å². The summed E-state index contributed by atoms with van der Waals surface area (Å²) in [6, 6.07) is 20.1. The SMILES string of the molecule is O=C1N(Cc2ccccc2Cl)c2ccc(Cl)cc2[C@@]1(O)c1c[nH]c2ccccc12. The van der Waals surface area contributed by atoms with Crippen molar-refractivity contribution in [1.29, 1.82) is 0 Å². The molecule has 0 radical (unpaired) electrons. The van der Waals surface area contributed by atoms with Crippen LogP contribution < -0.4 is 4.90 Å². The molecule has 0 fully saturated rings. The summed E-state index contributed by atoms with van der Waals surface area (Å²) in [5.41, 5.74) is 1.38. The Morgan fingerprint density at radius 3 is 2.55 bits per heavy atom. The van der Waals surface area contributed by atoms with Gasteiger partial charge in [0, 0.05) is 38.3 Å². The zero-order chi connectivity index (χ0) is 20.2. The second-order valence-corrected chi connectivity index (χ2v) is 7.95. The fourth-order valence-corrected chi connectivity index (χ4v) is 4.41. The van der Waals surface area contributed by atoms with Crippen LogP contribution in [0.25, 0.3) is 10.9 Å². The number of nitrogens with one attached hydrogen (secondary N) is 1. The number of aromatic nitrogens is 1. The zero-order valence-corrected chi connectivity index (χ0v) is 16.7. The maximum atomic E-state index is 13.6. The number of carbonyl (C=O) groups is 1. The lowest BCUT2D eigenvalue weighted by atomic mass is 9.87. The third kappa shape index (κ3) is 2.68. The molecule has 0 spiro atoms. The first-order chi connectivity index (χ1) is 14.0. The van der Waals surface area contributed by atoms with E-state index in [0.29, 0.717) is 26.9 Å². The summed E-state index contributed by atoms with van der Waals surface area (Å²) in [5, 5.41) is 13.6. The van der Waals surface area contributed by atoms with E-state index in [-0.39, 0.29) is 6.54 Å². The second-order valence-electron chi connectivity index (χ2n) is 7.10. The maximum absolute atomic E-state index is 13.6. The van der Waals surface area contributed by atoms with Crippen molar-refractivity contribution >= 4 is 45.7 Å². The molecule has 144 valence electrons. The Morgan fingerprint density at radius 2 is 1.72 bits per heavy atom. The highest BCUT2D eigenvalue weighted by Gasteiger charge is 2.52. The smallest absolute Gasteiger partial charge is 0.268 e. The van der Waals surface area contributed by atoms with E-state index < -0.39 is 11.5 Å². The molecule has 4 nitrogen and oxygen atoms in total. The molecule has 1 aromatic heterocycles. The summed E-state index contributed by atoms with van der Waals surface area (Å²) >= 11 is 12.6. The van der Waals surface area contributed by atoms with Crippen LogP contribution in [0.5, 0.6) is 0 Å². The van der Waals surface area contributed by atoms with Gasteiger partial charge in [-0.2, -0.15) is 0 Å². The highest BCUT2D eigenvalue weighted by Crippen LogP contribution is 2.47. The second kappa shape index (κ2) is 6.63. The third-order valence-corrected chi connectivity index (χ3v) is 6.06. The van der Waals surface area contributed by atoms with Crippen molar-refractivity contribution in [3.63, 3.8) is 0 Å². The van der Waals surface area contributed by atoms with Gasteiger partial charge in [0.1, 0.15) is 0 Å². The predicted octanol–water partition coefficient (Wildman–Crippen LogP) is 5.26. The quantitative estimate of drug-likeness (QED) is 0.473. The number of para-hydroxylation sites is 1. The van der Waals surface area contributed by atoms with Crippen LogP contribution in [0, 0.1) is 0 Å².